The Morgan fingerprint density at radius 3 is 2.56 bits per heavy atom. The summed E-state index contributed by atoms with van der Waals surface area (Å²) in [6.45, 7) is 6.33. The first-order chi connectivity index (χ1) is 17.3. The number of aliphatic hydroxyl groups is 1. The molecule has 8 nitrogen and oxygen atoms in total. The van der Waals surface area contributed by atoms with E-state index in [9.17, 15) is 14.7 Å². The molecule has 0 bridgehead atoms. The van der Waals surface area contributed by atoms with Gasteiger partial charge in [-0.25, -0.2) is 4.98 Å². The number of aliphatic hydroxyl groups excluding tert-OH is 1. The second-order valence-corrected chi connectivity index (χ2v) is 9.49. The summed E-state index contributed by atoms with van der Waals surface area (Å²) in [4.78, 5) is 38.4. The van der Waals surface area contributed by atoms with Gasteiger partial charge in [-0.2, -0.15) is 0 Å². The maximum absolute atomic E-state index is 13.6. The quantitative estimate of drug-likeness (QED) is 0.571. The Labute approximate surface area is 211 Å². The molecule has 0 fully saturated rings. The van der Waals surface area contributed by atoms with Gasteiger partial charge in [-0.1, -0.05) is 36.8 Å². The zero-order chi connectivity index (χ0) is 25.8. The lowest BCUT2D eigenvalue weighted by atomic mass is 9.99. The Morgan fingerprint density at radius 2 is 1.89 bits per heavy atom. The molecule has 0 unspecified atom stereocenters. The number of aryl methyl sites for hydroxylation is 1. The van der Waals surface area contributed by atoms with Gasteiger partial charge in [0.05, 0.1) is 19.2 Å². The molecule has 3 aromatic rings. The van der Waals surface area contributed by atoms with Gasteiger partial charge in [-0.3, -0.25) is 14.6 Å². The van der Waals surface area contributed by atoms with Gasteiger partial charge in [0, 0.05) is 49.2 Å². The standard InChI is InChI=1S/C28H32N4O4/c1-18-5-7-21(8-6-18)23-13-24-26(30-14-23)36-25(19(2)15-32(28(24)35)20(3)17-33)16-31(4)27(34)22-9-11-29-12-10-22/h5-14,19-20,25,33H,15-17H2,1-4H3/t19-,20+,25+/m0/s1. The lowest BCUT2D eigenvalue weighted by molar-refractivity contribution is 0.0313. The molecular formula is C28H32N4O4. The average molecular weight is 489 g/mol. The minimum absolute atomic E-state index is 0.123. The second kappa shape index (κ2) is 10.9. The molecule has 0 saturated carbocycles. The Morgan fingerprint density at radius 1 is 1.19 bits per heavy atom. The van der Waals surface area contributed by atoms with Crippen molar-refractivity contribution in [1.82, 2.24) is 19.8 Å². The van der Waals surface area contributed by atoms with Crippen LogP contribution in [0.1, 0.15) is 40.1 Å². The van der Waals surface area contributed by atoms with E-state index < -0.39 is 6.10 Å². The van der Waals surface area contributed by atoms with E-state index in [4.69, 9.17) is 4.74 Å². The van der Waals surface area contributed by atoms with Crippen molar-refractivity contribution in [3.63, 3.8) is 0 Å². The van der Waals surface area contributed by atoms with Gasteiger partial charge in [0.2, 0.25) is 5.88 Å². The molecule has 1 aromatic carbocycles. The number of rotatable bonds is 6. The molecule has 8 heteroatoms. The number of benzene rings is 1. The molecule has 2 aromatic heterocycles. The summed E-state index contributed by atoms with van der Waals surface area (Å²) in [7, 11) is 1.73. The highest BCUT2D eigenvalue weighted by molar-refractivity contribution is 5.98. The Balaban J connectivity index is 1.68. The number of aromatic nitrogens is 2. The van der Waals surface area contributed by atoms with Gasteiger partial charge in [-0.05, 0) is 37.6 Å². The van der Waals surface area contributed by atoms with Crippen molar-refractivity contribution >= 4 is 11.8 Å². The Kier molecular flexibility index (Phi) is 7.64. The smallest absolute Gasteiger partial charge is 0.259 e. The molecule has 3 heterocycles. The average Bonchev–Trinajstić information content (AvgIpc) is 2.90. The number of hydrogen-bond acceptors (Lipinski definition) is 6. The predicted molar refractivity (Wildman–Crippen MR) is 137 cm³/mol. The van der Waals surface area contributed by atoms with Crippen LogP contribution in [0.25, 0.3) is 11.1 Å². The summed E-state index contributed by atoms with van der Waals surface area (Å²) in [6.07, 6.45) is 4.45. The fraction of sp³-hybridized carbons (Fsp3) is 0.357. The summed E-state index contributed by atoms with van der Waals surface area (Å²) in [5.41, 5.74) is 3.77. The van der Waals surface area contributed by atoms with Crippen LogP contribution in [0.15, 0.2) is 61.1 Å². The largest absolute Gasteiger partial charge is 0.472 e. The molecule has 188 valence electrons. The highest BCUT2D eigenvalue weighted by Gasteiger charge is 2.35. The van der Waals surface area contributed by atoms with Crippen LogP contribution >= 0.6 is 0 Å². The predicted octanol–water partition coefficient (Wildman–Crippen LogP) is 3.44. The van der Waals surface area contributed by atoms with Crippen molar-refractivity contribution in [2.75, 3.05) is 26.7 Å². The third-order valence-electron chi connectivity index (χ3n) is 6.63. The van der Waals surface area contributed by atoms with E-state index in [0.717, 1.165) is 16.7 Å². The first-order valence-electron chi connectivity index (χ1n) is 12.1. The topological polar surface area (TPSA) is 95.9 Å². The van der Waals surface area contributed by atoms with E-state index in [-0.39, 0.29) is 36.3 Å². The van der Waals surface area contributed by atoms with E-state index in [1.54, 1.807) is 53.6 Å². The molecule has 0 aliphatic carbocycles. The number of ether oxygens (including phenoxy) is 1. The number of fused-ring (bicyclic) bond motifs is 1. The molecule has 4 rings (SSSR count). The number of pyridine rings is 2. The van der Waals surface area contributed by atoms with Gasteiger partial charge in [0.1, 0.15) is 11.7 Å². The molecule has 1 aliphatic rings. The monoisotopic (exact) mass is 488 g/mol. The number of nitrogens with zero attached hydrogens (tertiary/aromatic N) is 4. The maximum atomic E-state index is 13.6. The molecule has 3 atom stereocenters. The number of amides is 2. The van der Waals surface area contributed by atoms with Crippen molar-refractivity contribution in [2.24, 2.45) is 5.92 Å². The molecule has 1 aliphatic heterocycles. The first-order valence-corrected chi connectivity index (χ1v) is 12.1. The van der Waals surface area contributed by atoms with E-state index >= 15 is 0 Å². The lowest BCUT2D eigenvalue weighted by Gasteiger charge is -2.37. The number of likely N-dealkylation sites (N-methyl/N-ethyl adjacent to an activating group) is 1. The first kappa shape index (κ1) is 25.3. The van der Waals surface area contributed by atoms with E-state index in [1.165, 1.54) is 0 Å². The molecule has 1 N–H and O–H groups in total. The molecular weight excluding hydrogens is 456 g/mol. The van der Waals surface area contributed by atoms with E-state index in [0.29, 0.717) is 24.2 Å². The highest BCUT2D eigenvalue weighted by Crippen LogP contribution is 2.30. The highest BCUT2D eigenvalue weighted by atomic mass is 16.5. The van der Waals surface area contributed by atoms with Crippen LogP contribution in [0.2, 0.25) is 0 Å². The molecule has 0 spiro atoms. The number of hydrogen-bond donors (Lipinski definition) is 1. The zero-order valence-electron chi connectivity index (χ0n) is 21.1. The van der Waals surface area contributed by atoms with Crippen LogP contribution < -0.4 is 4.74 Å². The fourth-order valence-corrected chi connectivity index (χ4v) is 4.29. The van der Waals surface area contributed by atoms with Crippen LogP contribution in [0.5, 0.6) is 5.88 Å². The van der Waals surface area contributed by atoms with Gasteiger partial charge >= 0.3 is 0 Å². The summed E-state index contributed by atoms with van der Waals surface area (Å²) >= 11 is 0. The molecule has 0 saturated heterocycles. The van der Waals surface area contributed by atoms with Crippen molar-refractivity contribution in [3.8, 4) is 17.0 Å². The minimum atomic E-state index is -0.418. The minimum Gasteiger partial charge on any atom is -0.472 e. The van der Waals surface area contributed by atoms with Gasteiger partial charge in [-0.15, -0.1) is 0 Å². The van der Waals surface area contributed by atoms with Crippen LogP contribution in [-0.4, -0.2) is 75.6 Å². The third kappa shape index (κ3) is 5.39. The van der Waals surface area contributed by atoms with Gasteiger partial charge < -0.3 is 19.6 Å². The molecule has 0 radical (unpaired) electrons. The summed E-state index contributed by atoms with van der Waals surface area (Å²) in [6, 6.07) is 12.8. The van der Waals surface area contributed by atoms with Crippen LogP contribution in [0.3, 0.4) is 0 Å². The van der Waals surface area contributed by atoms with E-state index in [1.807, 2.05) is 45.0 Å². The van der Waals surface area contributed by atoms with Crippen molar-refractivity contribution < 1.29 is 19.4 Å². The van der Waals surface area contributed by atoms with Crippen LogP contribution in [-0.2, 0) is 0 Å². The Hall–Kier alpha value is -3.78. The lowest BCUT2D eigenvalue weighted by Crippen LogP contribution is -2.50. The maximum Gasteiger partial charge on any atom is 0.259 e. The van der Waals surface area contributed by atoms with Crippen LogP contribution in [0, 0.1) is 12.8 Å². The number of carbonyl (C=O) groups excluding carboxylic acids is 2. The van der Waals surface area contributed by atoms with Crippen molar-refractivity contribution in [1.29, 1.82) is 0 Å². The fourth-order valence-electron chi connectivity index (χ4n) is 4.29. The molecule has 36 heavy (non-hydrogen) atoms. The van der Waals surface area contributed by atoms with E-state index in [2.05, 4.69) is 9.97 Å². The summed E-state index contributed by atoms with van der Waals surface area (Å²) < 4.78 is 6.32. The zero-order valence-corrected chi connectivity index (χ0v) is 21.1. The van der Waals surface area contributed by atoms with Crippen LogP contribution in [0.4, 0.5) is 0 Å². The SMILES string of the molecule is Cc1ccc(-c2cnc3c(c2)C(=O)N([C@H](C)CO)C[C@H](C)[C@@H](CN(C)C(=O)c2ccncc2)O3)cc1. The molecule has 2 amide bonds. The third-order valence-corrected chi connectivity index (χ3v) is 6.63. The van der Waals surface area contributed by atoms with Crippen molar-refractivity contribution in [2.45, 2.75) is 32.9 Å². The normalized spacial score (nSPS) is 18.5. The van der Waals surface area contributed by atoms with Gasteiger partial charge in [0.15, 0.2) is 0 Å². The summed E-state index contributed by atoms with van der Waals surface area (Å²) in [5.74, 6) is -0.274. The van der Waals surface area contributed by atoms with Gasteiger partial charge in [0.25, 0.3) is 11.8 Å². The van der Waals surface area contributed by atoms with Crippen molar-refractivity contribution in [3.05, 3.63) is 77.7 Å². The number of carbonyl (C=O) groups is 2. The summed E-state index contributed by atoms with van der Waals surface area (Å²) in [5, 5.41) is 9.87. The second-order valence-electron chi connectivity index (χ2n) is 9.49. The Bertz CT molecular complexity index is 1220.